The van der Waals surface area contributed by atoms with Crippen LogP contribution in [0.25, 0.3) is 16.5 Å². The number of aromatic nitrogens is 4. The molecule has 0 atom stereocenters. The number of benzene rings is 1. The highest BCUT2D eigenvalue weighted by Crippen LogP contribution is 2.29. The smallest absolute Gasteiger partial charge is 0.264 e. The molecule has 0 aliphatic carbocycles. The van der Waals surface area contributed by atoms with E-state index in [4.69, 9.17) is 5.26 Å². The van der Waals surface area contributed by atoms with E-state index >= 15 is 0 Å². The van der Waals surface area contributed by atoms with E-state index in [-0.39, 0.29) is 11.5 Å². The molecule has 3 rings (SSSR count). The Morgan fingerprint density at radius 2 is 2.15 bits per heavy atom. The summed E-state index contributed by atoms with van der Waals surface area (Å²) in [6.45, 7) is 0. The first-order valence-electron chi connectivity index (χ1n) is 5.54. The fourth-order valence-electron chi connectivity index (χ4n) is 1.95. The summed E-state index contributed by atoms with van der Waals surface area (Å²) in [5.74, 6) is 0.0281. The lowest BCUT2D eigenvalue weighted by molar-refractivity contribution is -0.383. The van der Waals surface area contributed by atoms with Crippen molar-refractivity contribution in [1.82, 2.24) is 19.7 Å². The third-order valence-electron chi connectivity index (χ3n) is 2.81. The largest absolute Gasteiger partial charge is 0.277 e. The summed E-state index contributed by atoms with van der Waals surface area (Å²) in [6, 6.07) is 6.34. The molecule has 0 N–H and O–H groups in total. The van der Waals surface area contributed by atoms with Crippen LogP contribution in [0.5, 0.6) is 0 Å². The molecule has 0 aliphatic heterocycles. The van der Waals surface area contributed by atoms with Crippen molar-refractivity contribution in [2.75, 3.05) is 0 Å². The standard InChI is InChI=1S/C12H6N6O2/c13-5-12-15-7-17(16-12)10-1-2-11(18(19)20)8-3-4-14-6-9(8)10/h1-4,6-7H. The number of hydrogen-bond donors (Lipinski definition) is 0. The van der Waals surface area contributed by atoms with Gasteiger partial charge in [-0.05, 0) is 12.1 Å². The number of nitro benzene ring substituents is 1. The van der Waals surface area contributed by atoms with Gasteiger partial charge in [0.05, 0.1) is 16.0 Å². The van der Waals surface area contributed by atoms with E-state index in [2.05, 4.69) is 15.1 Å². The summed E-state index contributed by atoms with van der Waals surface area (Å²) >= 11 is 0. The number of nitrogens with zero attached hydrogens (tertiary/aromatic N) is 6. The van der Waals surface area contributed by atoms with Gasteiger partial charge in [0.15, 0.2) is 0 Å². The molecule has 0 radical (unpaired) electrons. The molecule has 0 fully saturated rings. The van der Waals surface area contributed by atoms with Crippen molar-refractivity contribution >= 4 is 16.5 Å². The molecule has 1 aromatic carbocycles. The molecule has 0 unspecified atom stereocenters. The average molecular weight is 266 g/mol. The average Bonchev–Trinajstić information content (AvgIpc) is 2.94. The number of hydrogen-bond acceptors (Lipinski definition) is 6. The van der Waals surface area contributed by atoms with E-state index in [0.717, 1.165) is 0 Å². The minimum absolute atomic E-state index is 0.00762. The Morgan fingerprint density at radius 3 is 2.85 bits per heavy atom. The van der Waals surface area contributed by atoms with Crippen LogP contribution in [0.4, 0.5) is 5.69 Å². The highest BCUT2D eigenvalue weighted by Gasteiger charge is 2.15. The van der Waals surface area contributed by atoms with Gasteiger partial charge in [-0.2, -0.15) is 5.26 Å². The first-order chi connectivity index (χ1) is 9.70. The minimum Gasteiger partial charge on any atom is -0.264 e. The molecule has 8 nitrogen and oxygen atoms in total. The highest BCUT2D eigenvalue weighted by atomic mass is 16.6. The van der Waals surface area contributed by atoms with E-state index in [1.807, 2.05) is 6.07 Å². The molecule has 0 amide bonds. The Morgan fingerprint density at radius 1 is 1.30 bits per heavy atom. The normalized spacial score (nSPS) is 10.3. The van der Waals surface area contributed by atoms with Crippen molar-refractivity contribution in [2.45, 2.75) is 0 Å². The van der Waals surface area contributed by atoms with E-state index in [1.165, 1.54) is 29.5 Å². The van der Waals surface area contributed by atoms with Crippen molar-refractivity contribution in [3.05, 3.63) is 52.9 Å². The zero-order chi connectivity index (χ0) is 14.1. The summed E-state index contributed by atoms with van der Waals surface area (Å²) in [4.78, 5) is 18.4. The lowest BCUT2D eigenvalue weighted by Crippen LogP contribution is -1.99. The van der Waals surface area contributed by atoms with Crippen LogP contribution in [0.15, 0.2) is 36.9 Å². The van der Waals surface area contributed by atoms with Crippen LogP contribution in [0.3, 0.4) is 0 Å². The molecular weight excluding hydrogens is 260 g/mol. The molecule has 0 saturated heterocycles. The van der Waals surface area contributed by atoms with Crippen molar-refractivity contribution in [2.24, 2.45) is 0 Å². The van der Waals surface area contributed by atoms with E-state index in [1.54, 1.807) is 12.1 Å². The molecule has 20 heavy (non-hydrogen) atoms. The zero-order valence-corrected chi connectivity index (χ0v) is 9.96. The predicted octanol–water partition coefficient (Wildman–Crippen LogP) is 1.60. The first-order valence-corrected chi connectivity index (χ1v) is 5.54. The maximum Gasteiger partial charge on any atom is 0.277 e. The second-order valence-corrected chi connectivity index (χ2v) is 3.91. The third-order valence-corrected chi connectivity index (χ3v) is 2.81. The number of pyridine rings is 1. The van der Waals surface area contributed by atoms with Crippen LogP contribution < -0.4 is 0 Å². The number of fused-ring (bicyclic) bond motifs is 1. The molecule has 0 spiro atoms. The number of non-ortho nitro benzene ring substituents is 1. The van der Waals surface area contributed by atoms with E-state index in [0.29, 0.717) is 16.5 Å². The minimum atomic E-state index is -0.450. The number of nitriles is 1. The third kappa shape index (κ3) is 1.74. The lowest BCUT2D eigenvalue weighted by Gasteiger charge is -2.05. The SMILES string of the molecule is N#Cc1ncn(-c2ccc([N+](=O)[O-])c3ccncc23)n1. The summed E-state index contributed by atoms with van der Waals surface area (Å²) in [6.07, 6.45) is 4.39. The van der Waals surface area contributed by atoms with Crippen LogP contribution >= 0.6 is 0 Å². The summed E-state index contributed by atoms with van der Waals surface area (Å²) in [5.41, 5.74) is 0.569. The lowest BCUT2D eigenvalue weighted by atomic mass is 10.1. The van der Waals surface area contributed by atoms with Crippen molar-refractivity contribution in [1.29, 1.82) is 5.26 Å². The van der Waals surface area contributed by atoms with Gasteiger partial charge in [-0.15, -0.1) is 5.10 Å². The van der Waals surface area contributed by atoms with Gasteiger partial charge in [-0.1, -0.05) is 0 Å². The molecule has 0 saturated carbocycles. The topological polar surface area (TPSA) is 111 Å². The maximum atomic E-state index is 11.0. The summed E-state index contributed by atoms with van der Waals surface area (Å²) in [7, 11) is 0. The van der Waals surface area contributed by atoms with Crippen molar-refractivity contribution < 1.29 is 4.92 Å². The van der Waals surface area contributed by atoms with Gasteiger partial charge in [-0.3, -0.25) is 15.1 Å². The van der Waals surface area contributed by atoms with Gasteiger partial charge in [0.2, 0.25) is 0 Å². The summed E-state index contributed by atoms with van der Waals surface area (Å²) in [5, 5.41) is 24.7. The van der Waals surface area contributed by atoms with Gasteiger partial charge in [0.25, 0.3) is 11.5 Å². The van der Waals surface area contributed by atoms with Gasteiger partial charge in [-0.25, -0.2) is 9.67 Å². The molecule has 0 aliphatic rings. The molecule has 2 heterocycles. The highest BCUT2D eigenvalue weighted by molar-refractivity contribution is 5.96. The molecule has 0 bridgehead atoms. The Hall–Kier alpha value is -3.34. The second kappa shape index (κ2) is 4.40. The second-order valence-electron chi connectivity index (χ2n) is 3.91. The maximum absolute atomic E-state index is 11.0. The van der Waals surface area contributed by atoms with Crippen molar-refractivity contribution in [3.8, 4) is 11.8 Å². The van der Waals surface area contributed by atoms with Gasteiger partial charge < -0.3 is 0 Å². The molecule has 96 valence electrons. The van der Waals surface area contributed by atoms with Crippen LogP contribution in [0, 0.1) is 21.4 Å². The van der Waals surface area contributed by atoms with Crippen molar-refractivity contribution in [3.63, 3.8) is 0 Å². The predicted molar refractivity (Wildman–Crippen MR) is 68.0 cm³/mol. The molecule has 3 aromatic rings. The van der Waals surface area contributed by atoms with Crippen LogP contribution in [0.2, 0.25) is 0 Å². The Labute approximate surface area is 112 Å². The van der Waals surface area contributed by atoms with Gasteiger partial charge in [0, 0.05) is 23.8 Å². The molecule has 8 heteroatoms. The van der Waals surface area contributed by atoms with E-state index in [9.17, 15) is 10.1 Å². The molecular formula is C12H6N6O2. The number of rotatable bonds is 2. The Balaban J connectivity index is 2.30. The van der Waals surface area contributed by atoms with Crippen LogP contribution in [-0.2, 0) is 0 Å². The number of nitro groups is 1. The Kier molecular flexibility index (Phi) is 2.58. The van der Waals surface area contributed by atoms with Gasteiger partial charge in [0.1, 0.15) is 12.4 Å². The fraction of sp³-hybridized carbons (Fsp3) is 0. The zero-order valence-electron chi connectivity index (χ0n) is 9.96. The van der Waals surface area contributed by atoms with Gasteiger partial charge >= 0.3 is 0 Å². The van der Waals surface area contributed by atoms with Crippen LogP contribution in [0.1, 0.15) is 5.82 Å². The van der Waals surface area contributed by atoms with Crippen LogP contribution in [-0.4, -0.2) is 24.7 Å². The first kappa shape index (κ1) is 11.7. The molecule has 2 aromatic heterocycles. The fourth-order valence-corrected chi connectivity index (χ4v) is 1.95. The van der Waals surface area contributed by atoms with E-state index < -0.39 is 4.92 Å². The monoisotopic (exact) mass is 266 g/mol. The summed E-state index contributed by atoms with van der Waals surface area (Å²) < 4.78 is 1.40. The Bertz CT molecular complexity index is 864. The quantitative estimate of drug-likeness (QED) is 0.514.